The lowest BCUT2D eigenvalue weighted by atomic mass is 9.71. The van der Waals surface area contributed by atoms with Crippen LogP contribution in [0.4, 0.5) is 10.2 Å². The van der Waals surface area contributed by atoms with Crippen LogP contribution in [0.1, 0.15) is 65.7 Å². The number of rotatable bonds is 7. The number of tetrazole rings is 1. The van der Waals surface area contributed by atoms with Crippen molar-refractivity contribution < 1.29 is 9.50 Å². The molecule has 5 rings (SSSR count). The highest BCUT2D eigenvalue weighted by Gasteiger charge is 2.46. The summed E-state index contributed by atoms with van der Waals surface area (Å²) in [5, 5.41) is 31.7. The Morgan fingerprint density at radius 1 is 1.15 bits per heavy atom. The van der Waals surface area contributed by atoms with Gasteiger partial charge in [-0.05, 0) is 55.4 Å². The van der Waals surface area contributed by atoms with Crippen LogP contribution in [0, 0.1) is 11.3 Å². The smallest absolute Gasteiger partial charge is 0.213 e. The molecule has 2 aliphatic carbocycles. The summed E-state index contributed by atoms with van der Waals surface area (Å²) in [7, 11) is 0. The molecule has 1 aromatic carbocycles. The maximum atomic E-state index is 16.3. The number of alkyl halides is 1. The first-order valence-corrected chi connectivity index (χ1v) is 14.8. The average Bonchev–Trinajstić information content (AvgIpc) is 3.59. The van der Waals surface area contributed by atoms with Crippen LogP contribution in [0.3, 0.4) is 0 Å². The van der Waals surface area contributed by atoms with Crippen molar-refractivity contribution in [1.29, 1.82) is 0 Å². The largest absolute Gasteiger partial charge is 0.507 e. The summed E-state index contributed by atoms with van der Waals surface area (Å²) in [5.74, 6) is 1.53. The predicted molar refractivity (Wildman–Crippen MR) is 159 cm³/mol. The van der Waals surface area contributed by atoms with Gasteiger partial charge in [0.15, 0.2) is 11.6 Å². The molecule has 9 nitrogen and oxygen atoms in total. The Hall–Kier alpha value is -2.12. The zero-order valence-electron chi connectivity index (χ0n) is 22.3. The Bertz CT molecular complexity index is 1300. The van der Waals surface area contributed by atoms with Crippen LogP contribution >= 0.6 is 37.9 Å². The number of hydrogen-bond acceptors (Lipinski definition) is 11. The molecular weight excluding hydrogens is 556 g/mol. The number of thiol groups is 3. The Balaban J connectivity index is 1.41. The van der Waals surface area contributed by atoms with Crippen molar-refractivity contribution in [2.75, 3.05) is 4.90 Å². The second-order valence-electron chi connectivity index (χ2n) is 11.2. The van der Waals surface area contributed by atoms with Gasteiger partial charge in [0, 0.05) is 17.0 Å². The van der Waals surface area contributed by atoms with Gasteiger partial charge in [0.2, 0.25) is 9.36 Å². The second-order valence-corrected chi connectivity index (χ2v) is 14.2. The van der Waals surface area contributed by atoms with Gasteiger partial charge in [-0.1, -0.05) is 39.7 Å². The Morgan fingerprint density at radius 2 is 1.92 bits per heavy atom. The van der Waals surface area contributed by atoms with Crippen LogP contribution in [0.5, 0.6) is 5.75 Å². The molecule has 39 heavy (non-hydrogen) atoms. The van der Waals surface area contributed by atoms with E-state index in [9.17, 15) is 5.11 Å². The lowest BCUT2D eigenvalue weighted by Crippen LogP contribution is -2.51. The quantitative estimate of drug-likeness (QED) is 0.210. The van der Waals surface area contributed by atoms with E-state index in [1.54, 1.807) is 18.3 Å². The topological polar surface area (TPSA) is 106 Å². The lowest BCUT2D eigenvalue weighted by Gasteiger charge is -2.45. The van der Waals surface area contributed by atoms with Gasteiger partial charge >= 0.3 is 0 Å². The maximum Gasteiger partial charge on any atom is 0.213 e. The number of aromatic nitrogens is 7. The van der Waals surface area contributed by atoms with E-state index in [2.05, 4.69) is 94.1 Å². The van der Waals surface area contributed by atoms with Crippen LogP contribution in [0.25, 0.3) is 22.8 Å². The van der Waals surface area contributed by atoms with Gasteiger partial charge in [-0.25, -0.2) is 9.37 Å². The van der Waals surface area contributed by atoms with E-state index >= 15 is 4.39 Å². The summed E-state index contributed by atoms with van der Waals surface area (Å²) < 4.78 is 15.1. The number of anilines is 1. The molecule has 2 saturated carbocycles. The third kappa shape index (κ3) is 6.00. The lowest BCUT2D eigenvalue weighted by molar-refractivity contribution is 0.0577. The Kier molecular flexibility index (Phi) is 8.04. The molecule has 4 atom stereocenters. The number of nitrogens with zero attached hydrogens (tertiary/aromatic N) is 8. The highest BCUT2D eigenvalue weighted by molar-refractivity contribution is 8.15. The normalized spacial score (nSPS) is 26.2. The number of hydrogen-bond donors (Lipinski definition) is 4. The van der Waals surface area contributed by atoms with Gasteiger partial charge in [-0.15, -0.1) is 63.1 Å². The highest BCUT2D eigenvalue weighted by Crippen LogP contribution is 2.45. The summed E-state index contributed by atoms with van der Waals surface area (Å²) in [5.41, 5.74) is 0.592. The molecule has 3 aromatic rings. The fraction of sp³-hybridized carbons (Fsp3) is 0.615. The average molecular weight is 591 g/mol. The minimum atomic E-state index is -1.21. The summed E-state index contributed by atoms with van der Waals surface area (Å²) in [6, 6.07) is 4.91. The van der Waals surface area contributed by atoms with Gasteiger partial charge < -0.3 is 10.0 Å². The van der Waals surface area contributed by atoms with Crippen LogP contribution in [0.15, 0.2) is 24.4 Å². The van der Waals surface area contributed by atoms with E-state index in [1.807, 2.05) is 0 Å². The van der Waals surface area contributed by atoms with E-state index in [1.165, 1.54) is 6.07 Å². The van der Waals surface area contributed by atoms with E-state index < -0.39 is 9.71 Å². The first kappa shape index (κ1) is 28.4. The summed E-state index contributed by atoms with van der Waals surface area (Å²) in [6.07, 6.45) is 7.38. The van der Waals surface area contributed by atoms with Crippen LogP contribution in [-0.2, 0) is 3.54 Å². The number of aromatic hydroxyl groups is 1. The molecule has 0 radical (unpaired) electrons. The molecule has 0 aliphatic heterocycles. The van der Waals surface area contributed by atoms with Crippen molar-refractivity contribution in [3.63, 3.8) is 0 Å². The van der Waals surface area contributed by atoms with E-state index in [4.69, 9.17) is 0 Å². The minimum absolute atomic E-state index is 0.0530. The Labute approximate surface area is 244 Å². The summed E-state index contributed by atoms with van der Waals surface area (Å²) >= 11 is 12.6. The molecule has 0 spiro atoms. The van der Waals surface area contributed by atoms with Crippen LogP contribution in [0.2, 0.25) is 0 Å². The molecular formula is C26H35FN8OS3. The zero-order chi connectivity index (χ0) is 27.9. The molecule has 1 N–H and O–H groups in total. The van der Waals surface area contributed by atoms with Gasteiger partial charge in [-0.2, -0.15) is 0 Å². The minimum Gasteiger partial charge on any atom is -0.507 e. The molecule has 2 fully saturated rings. The Morgan fingerprint density at radius 3 is 2.51 bits per heavy atom. The molecule has 0 saturated heterocycles. The van der Waals surface area contributed by atoms with Crippen molar-refractivity contribution in [1.82, 2.24) is 35.4 Å². The fourth-order valence-electron chi connectivity index (χ4n) is 5.54. The summed E-state index contributed by atoms with van der Waals surface area (Å²) in [6.45, 7) is 6.41. The van der Waals surface area contributed by atoms with Crippen molar-refractivity contribution in [3.05, 3.63) is 24.4 Å². The van der Waals surface area contributed by atoms with E-state index in [-0.39, 0.29) is 34.9 Å². The second kappa shape index (κ2) is 11.0. The van der Waals surface area contributed by atoms with Crippen molar-refractivity contribution in [3.8, 4) is 28.5 Å². The number of phenolic OH excluding ortho intramolecular Hbond substituents is 1. The monoisotopic (exact) mass is 590 g/mol. The van der Waals surface area contributed by atoms with Crippen molar-refractivity contribution >= 4 is 43.7 Å². The van der Waals surface area contributed by atoms with Gasteiger partial charge in [-0.3, -0.25) is 0 Å². The van der Waals surface area contributed by atoms with Crippen LogP contribution < -0.4 is 4.90 Å². The van der Waals surface area contributed by atoms with Crippen LogP contribution in [-0.4, -0.2) is 58.8 Å². The summed E-state index contributed by atoms with van der Waals surface area (Å²) in [4.78, 5) is 7.83. The molecule has 13 heteroatoms. The van der Waals surface area contributed by atoms with Crippen molar-refractivity contribution in [2.45, 2.75) is 87.5 Å². The highest BCUT2D eigenvalue weighted by atomic mass is 32.2. The van der Waals surface area contributed by atoms with E-state index in [0.717, 1.165) is 49.7 Å². The number of halogens is 1. The molecule has 0 bridgehead atoms. The molecule has 210 valence electrons. The van der Waals surface area contributed by atoms with Gasteiger partial charge in [0.1, 0.15) is 11.9 Å². The molecule has 2 aliphatic rings. The van der Waals surface area contributed by atoms with Crippen molar-refractivity contribution in [2.24, 2.45) is 11.3 Å². The first-order chi connectivity index (χ1) is 18.5. The standard InChI is InChI=1S/C26H35FN8OS3/c1-4-25(3)11-5-6-15(2)12-19(22(25)27)34(17-8-9-17)21-14-28-24(30-29-21)18-10-7-16(13-20(18)36)23-31-33-35(32-23)26(37,38)39/h7,10,13-15,17,19,22,36-39H,4-6,8-9,11-12H2,1-3H3/t15?,19-,22-,25+/m0/s1. The number of phenols is 1. The number of benzene rings is 1. The maximum absolute atomic E-state index is 16.3. The SMILES string of the molecule is CC[C@]1(C)CCCC(C)C[C@H](N(c2cnc(-c3ccc(-c4nnn(C(S)(S)S)n4)cc3O)nn2)C2CC2)[C@@H]1F. The zero-order valence-corrected chi connectivity index (χ0v) is 25.0. The van der Waals surface area contributed by atoms with Gasteiger partial charge in [0.05, 0.1) is 17.8 Å². The molecule has 2 aromatic heterocycles. The molecule has 0 amide bonds. The van der Waals surface area contributed by atoms with Gasteiger partial charge in [0.25, 0.3) is 0 Å². The third-order valence-corrected chi connectivity index (χ3v) is 8.73. The first-order valence-electron chi connectivity index (χ1n) is 13.4. The molecule has 1 unspecified atom stereocenters. The van der Waals surface area contributed by atoms with E-state index in [0.29, 0.717) is 22.9 Å². The molecule has 2 heterocycles. The third-order valence-electron chi connectivity index (χ3n) is 8.19. The predicted octanol–water partition coefficient (Wildman–Crippen LogP) is 5.56. The fourth-order valence-corrected chi connectivity index (χ4v) is 5.79.